The Hall–Kier alpha value is -3.82. The maximum Gasteiger partial charge on any atom is 0.490 e. The molecular formula is C21H23F5N8O3. The van der Waals surface area contributed by atoms with Crippen LogP contribution in [0, 0.1) is 5.41 Å². The van der Waals surface area contributed by atoms with E-state index in [1.807, 2.05) is 0 Å². The molecule has 16 heteroatoms. The second-order valence-electron chi connectivity index (χ2n) is 8.87. The van der Waals surface area contributed by atoms with Crippen molar-refractivity contribution in [3.63, 3.8) is 0 Å². The number of rotatable bonds is 4. The Morgan fingerprint density at radius 2 is 1.92 bits per heavy atom. The van der Waals surface area contributed by atoms with Gasteiger partial charge in [-0.15, -0.1) is 5.10 Å². The van der Waals surface area contributed by atoms with Gasteiger partial charge in [-0.3, -0.25) is 9.48 Å². The van der Waals surface area contributed by atoms with Crippen LogP contribution in [0.1, 0.15) is 35.4 Å². The van der Waals surface area contributed by atoms with E-state index in [-0.39, 0.29) is 16.8 Å². The van der Waals surface area contributed by atoms with Crippen LogP contribution in [0.4, 0.5) is 33.6 Å². The number of fused-ring (bicyclic) bond motifs is 1. The van der Waals surface area contributed by atoms with Crippen LogP contribution in [0.15, 0.2) is 24.5 Å². The summed E-state index contributed by atoms with van der Waals surface area (Å²) in [5, 5.41) is 21.4. The first-order valence-electron chi connectivity index (χ1n) is 11.1. The van der Waals surface area contributed by atoms with Gasteiger partial charge in [0.15, 0.2) is 5.69 Å². The molecule has 0 aromatic carbocycles. The fourth-order valence-corrected chi connectivity index (χ4v) is 3.95. The molecular weight excluding hydrogens is 507 g/mol. The third-order valence-electron chi connectivity index (χ3n) is 6.00. The quantitative estimate of drug-likeness (QED) is 0.439. The highest BCUT2D eigenvalue weighted by atomic mass is 19.4. The minimum absolute atomic E-state index is 0.0176. The molecule has 1 saturated heterocycles. The van der Waals surface area contributed by atoms with E-state index < -0.39 is 30.2 Å². The van der Waals surface area contributed by atoms with Crippen LogP contribution in [0.5, 0.6) is 0 Å². The third-order valence-corrected chi connectivity index (χ3v) is 6.00. The first kappa shape index (κ1) is 26.2. The molecule has 2 aliphatic rings. The summed E-state index contributed by atoms with van der Waals surface area (Å²) in [6.45, 7) is 3.51. The van der Waals surface area contributed by atoms with E-state index in [2.05, 4.69) is 30.7 Å². The van der Waals surface area contributed by atoms with Gasteiger partial charge in [0.05, 0.1) is 17.4 Å². The lowest BCUT2D eigenvalue weighted by molar-refractivity contribution is -0.192. The van der Waals surface area contributed by atoms with Gasteiger partial charge in [-0.1, -0.05) is 0 Å². The van der Waals surface area contributed by atoms with Gasteiger partial charge < -0.3 is 20.6 Å². The maximum atomic E-state index is 13.2. The highest BCUT2D eigenvalue weighted by Crippen LogP contribution is 2.46. The van der Waals surface area contributed by atoms with Crippen LogP contribution in [0.3, 0.4) is 0 Å². The van der Waals surface area contributed by atoms with Crippen molar-refractivity contribution in [2.45, 2.75) is 25.4 Å². The number of aromatic nitrogens is 5. The van der Waals surface area contributed by atoms with Crippen molar-refractivity contribution in [3.8, 4) is 0 Å². The lowest BCUT2D eigenvalue weighted by Crippen LogP contribution is -2.32. The molecule has 37 heavy (non-hydrogen) atoms. The summed E-state index contributed by atoms with van der Waals surface area (Å²) in [4.78, 5) is 28.4. The monoisotopic (exact) mass is 530 g/mol. The van der Waals surface area contributed by atoms with E-state index in [9.17, 15) is 26.7 Å². The summed E-state index contributed by atoms with van der Waals surface area (Å²) in [5.41, 5.74) is 0.701. The number of aryl methyl sites for hydroxylation is 1. The average molecular weight is 530 g/mol. The van der Waals surface area contributed by atoms with E-state index in [4.69, 9.17) is 9.90 Å². The average Bonchev–Trinajstić information content (AvgIpc) is 3.37. The minimum atomic E-state index is -5.08. The Bertz CT molecular complexity index is 1300. The third kappa shape index (κ3) is 5.95. The van der Waals surface area contributed by atoms with Crippen molar-refractivity contribution < 1.29 is 36.6 Å². The van der Waals surface area contributed by atoms with E-state index >= 15 is 0 Å². The number of carboxylic acids is 1. The lowest BCUT2D eigenvalue weighted by Gasteiger charge is -2.23. The van der Waals surface area contributed by atoms with Gasteiger partial charge in [0.25, 0.3) is 12.3 Å². The SMILES string of the molecule is Cn1cc(NC(=O)c2ccc3cnc(N4CCNCC5(CC5)C4)nn23)c(C(F)F)n1.O=C(O)C(F)(F)F. The number of anilines is 2. The van der Waals surface area contributed by atoms with Gasteiger partial charge in [0.1, 0.15) is 5.69 Å². The van der Waals surface area contributed by atoms with Gasteiger partial charge in [-0.05, 0) is 25.0 Å². The molecule has 3 aromatic heterocycles. The Kier molecular flexibility index (Phi) is 7.03. The predicted octanol–water partition coefficient (Wildman–Crippen LogP) is 2.48. The smallest absolute Gasteiger partial charge is 0.475 e. The number of halogens is 5. The second-order valence-corrected chi connectivity index (χ2v) is 8.87. The molecule has 1 saturated carbocycles. The molecule has 200 valence electrons. The largest absolute Gasteiger partial charge is 0.490 e. The zero-order chi connectivity index (χ0) is 27.0. The molecule has 3 aromatic rings. The first-order valence-corrected chi connectivity index (χ1v) is 11.1. The van der Waals surface area contributed by atoms with E-state index in [0.717, 1.165) is 26.2 Å². The number of carbonyl (C=O) groups is 2. The number of carbonyl (C=O) groups excluding carboxylic acids is 1. The molecule has 0 unspecified atom stereocenters. The summed E-state index contributed by atoms with van der Waals surface area (Å²) in [6.07, 6.45) is -2.47. The van der Waals surface area contributed by atoms with Crippen molar-refractivity contribution in [3.05, 3.63) is 35.9 Å². The number of hydrogen-bond donors (Lipinski definition) is 3. The Labute approximate surface area is 206 Å². The molecule has 4 heterocycles. The summed E-state index contributed by atoms with van der Waals surface area (Å²) >= 11 is 0. The Morgan fingerprint density at radius 3 is 2.54 bits per heavy atom. The van der Waals surface area contributed by atoms with Crippen LogP contribution in [-0.2, 0) is 11.8 Å². The van der Waals surface area contributed by atoms with Gasteiger partial charge in [-0.25, -0.2) is 23.1 Å². The molecule has 2 fully saturated rings. The maximum absolute atomic E-state index is 13.2. The number of aliphatic carboxylic acids is 1. The number of nitrogens with one attached hydrogen (secondary N) is 2. The number of amides is 1. The van der Waals surface area contributed by atoms with Crippen LogP contribution in [-0.4, -0.2) is 73.7 Å². The molecule has 0 bridgehead atoms. The number of hydrogen-bond acceptors (Lipinski definition) is 7. The highest BCUT2D eigenvalue weighted by Gasteiger charge is 2.45. The first-order chi connectivity index (χ1) is 17.4. The van der Waals surface area contributed by atoms with Crippen molar-refractivity contribution in [1.29, 1.82) is 0 Å². The number of nitrogens with zero attached hydrogens (tertiary/aromatic N) is 6. The van der Waals surface area contributed by atoms with Gasteiger partial charge in [0.2, 0.25) is 5.95 Å². The zero-order valence-corrected chi connectivity index (χ0v) is 19.5. The van der Waals surface area contributed by atoms with Gasteiger partial charge in [-0.2, -0.15) is 18.3 Å². The molecule has 3 N–H and O–H groups in total. The summed E-state index contributed by atoms with van der Waals surface area (Å²) < 4.78 is 60.9. The zero-order valence-electron chi connectivity index (χ0n) is 19.5. The van der Waals surface area contributed by atoms with Crippen molar-refractivity contribution in [1.82, 2.24) is 29.7 Å². The molecule has 0 radical (unpaired) electrons. The van der Waals surface area contributed by atoms with Crippen molar-refractivity contribution in [2.24, 2.45) is 12.5 Å². The fourth-order valence-electron chi connectivity index (χ4n) is 3.95. The molecule has 1 aliphatic carbocycles. The molecule has 1 amide bonds. The van der Waals surface area contributed by atoms with Crippen molar-refractivity contribution >= 4 is 29.0 Å². The Balaban J connectivity index is 0.000000405. The number of carboxylic acid groups (broad SMARTS) is 1. The molecule has 0 atom stereocenters. The minimum Gasteiger partial charge on any atom is -0.475 e. The van der Waals surface area contributed by atoms with Crippen molar-refractivity contribution in [2.75, 3.05) is 36.4 Å². The van der Waals surface area contributed by atoms with E-state index in [1.165, 1.54) is 35.3 Å². The predicted molar refractivity (Wildman–Crippen MR) is 120 cm³/mol. The normalized spacial score (nSPS) is 16.9. The van der Waals surface area contributed by atoms with Crippen LogP contribution < -0.4 is 15.5 Å². The fraction of sp³-hybridized carbons (Fsp3) is 0.476. The molecule has 5 rings (SSSR count). The van der Waals surface area contributed by atoms with Gasteiger partial charge >= 0.3 is 12.1 Å². The topological polar surface area (TPSA) is 130 Å². The summed E-state index contributed by atoms with van der Waals surface area (Å²) in [5.74, 6) is -2.74. The summed E-state index contributed by atoms with van der Waals surface area (Å²) in [6, 6.07) is 3.33. The van der Waals surface area contributed by atoms with E-state index in [1.54, 1.807) is 18.3 Å². The van der Waals surface area contributed by atoms with Crippen LogP contribution >= 0.6 is 0 Å². The van der Waals surface area contributed by atoms with Crippen LogP contribution in [0.25, 0.3) is 5.52 Å². The second kappa shape index (κ2) is 9.91. The lowest BCUT2D eigenvalue weighted by atomic mass is 10.1. The molecule has 1 spiro atoms. The standard InChI is InChI=1S/C19H22F2N8O.C2HF3O2/c1-27-9-13(15(25-27)16(20)21)24-17(30)14-3-2-12-8-23-18(26-29(12)14)28-7-6-22-10-19(11-28)4-5-19;3-2(4,5)1(6)7/h2-3,8-9,16,22H,4-7,10-11H2,1H3,(H,24,30);(H,6,7). The number of alkyl halides is 5. The molecule has 11 nitrogen and oxygen atoms in total. The Morgan fingerprint density at radius 1 is 1.22 bits per heavy atom. The van der Waals surface area contributed by atoms with Gasteiger partial charge in [0, 0.05) is 44.8 Å². The molecule has 1 aliphatic heterocycles. The summed E-state index contributed by atoms with van der Waals surface area (Å²) in [7, 11) is 1.52. The highest BCUT2D eigenvalue weighted by molar-refractivity contribution is 6.04. The van der Waals surface area contributed by atoms with E-state index in [0.29, 0.717) is 11.5 Å². The van der Waals surface area contributed by atoms with Crippen LogP contribution in [0.2, 0.25) is 0 Å².